The number of pyridine rings is 1. The molecule has 0 spiro atoms. The summed E-state index contributed by atoms with van der Waals surface area (Å²) in [7, 11) is 0. The van der Waals surface area contributed by atoms with E-state index in [1.54, 1.807) is 32.0 Å². The molecule has 1 aromatic rings. The van der Waals surface area contributed by atoms with E-state index in [0.29, 0.717) is 11.6 Å². The third kappa shape index (κ3) is 2.50. The van der Waals surface area contributed by atoms with Crippen LogP contribution in [-0.2, 0) is 0 Å². The predicted octanol–water partition coefficient (Wildman–Crippen LogP) is 1.74. The maximum Gasteiger partial charge on any atom is 0.215 e. The minimum absolute atomic E-state index is 0.315. The molecule has 70 valence electrons. The molecular weight excluding hydrogens is 176 g/mol. The Morgan fingerprint density at radius 3 is 2.79 bits per heavy atom. The molecule has 0 aliphatic carbocycles. The monoisotopic (exact) mass is 186 g/mol. The highest BCUT2D eigenvalue weighted by Gasteiger charge is 2.16. The summed E-state index contributed by atoms with van der Waals surface area (Å²) in [6.07, 6.45) is 5.26. The molecule has 0 bridgehead atoms. The van der Waals surface area contributed by atoms with E-state index in [0.717, 1.165) is 0 Å². The second-order valence-corrected chi connectivity index (χ2v) is 3.23. The molecule has 0 aliphatic heterocycles. The maximum absolute atomic E-state index is 8.61. The zero-order valence-corrected chi connectivity index (χ0v) is 8.11. The zero-order valence-electron chi connectivity index (χ0n) is 8.11. The Hall–Kier alpha value is -2.00. The molecule has 0 aliphatic rings. The number of hydrogen-bond donors (Lipinski definition) is 0. The Labute approximate surface area is 83.3 Å². The first kappa shape index (κ1) is 10.1. The van der Waals surface area contributed by atoms with Crippen LogP contribution in [0.5, 0.6) is 5.88 Å². The maximum atomic E-state index is 8.61. The van der Waals surface area contributed by atoms with Crippen molar-refractivity contribution in [1.29, 1.82) is 5.26 Å². The lowest BCUT2D eigenvalue weighted by atomic mass is 10.1. The van der Waals surface area contributed by atoms with E-state index in [4.69, 9.17) is 16.4 Å². The van der Waals surface area contributed by atoms with E-state index in [1.807, 2.05) is 6.07 Å². The lowest BCUT2D eigenvalue weighted by Gasteiger charge is -2.18. The third-order valence-electron chi connectivity index (χ3n) is 1.55. The molecule has 0 saturated heterocycles. The van der Waals surface area contributed by atoms with Gasteiger partial charge in [-0.15, -0.1) is 6.42 Å². The van der Waals surface area contributed by atoms with Crippen LogP contribution in [0.4, 0.5) is 0 Å². The third-order valence-corrected chi connectivity index (χ3v) is 1.55. The first-order chi connectivity index (χ1) is 6.57. The molecule has 0 fully saturated rings. The van der Waals surface area contributed by atoms with Crippen LogP contribution < -0.4 is 4.74 Å². The van der Waals surface area contributed by atoms with Crippen molar-refractivity contribution in [1.82, 2.24) is 4.98 Å². The van der Waals surface area contributed by atoms with Gasteiger partial charge in [0.25, 0.3) is 0 Å². The van der Waals surface area contributed by atoms with Gasteiger partial charge in [0.15, 0.2) is 5.60 Å². The van der Waals surface area contributed by atoms with Crippen molar-refractivity contribution >= 4 is 0 Å². The molecule has 14 heavy (non-hydrogen) atoms. The van der Waals surface area contributed by atoms with Gasteiger partial charge in [-0.05, 0) is 19.9 Å². The van der Waals surface area contributed by atoms with Crippen molar-refractivity contribution < 1.29 is 4.74 Å². The largest absolute Gasteiger partial charge is 0.458 e. The summed E-state index contributed by atoms with van der Waals surface area (Å²) in [5, 5.41) is 8.61. The van der Waals surface area contributed by atoms with Crippen LogP contribution in [0.1, 0.15) is 19.5 Å². The number of nitriles is 1. The molecule has 0 aromatic carbocycles. The van der Waals surface area contributed by atoms with Gasteiger partial charge in [-0.1, -0.05) is 12.0 Å². The smallest absolute Gasteiger partial charge is 0.215 e. The van der Waals surface area contributed by atoms with Gasteiger partial charge in [0, 0.05) is 6.07 Å². The molecule has 1 aromatic heterocycles. The lowest BCUT2D eigenvalue weighted by molar-refractivity contribution is 0.164. The van der Waals surface area contributed by atoms with Crippen molar-refractivity contribution in [2.75, 3.05) is 0 Å². The van der Waals surface area contributed by atoms with E-state index >= 15 is 0 Å². The van der Waals surface area contributed by atoms with Gasteiger partial charge in [0.05, 0.1) is 0 Å². The van der Waals surface area contributed by atoms with Gasteiger partial charge in [-0.2, -0.15) is 5.26 Å². The number of aromatic nitrogens is 1. The van der Waals surface area contributed by atoms with E-state index in [2.05, 4.69) is 10.9 Å². The van der Waals surface area contributed by atoms with Gasteiger partial charge in [-0.25, -0.2) is 4.98 Å². The summed E-state index contributed by atoms with van der Waals surface area (Å²) in [5.74, 6) is 2.85. The Kier molecular flexibility index (Phi) is 2.74. The van der Waals surface area contributed by atoms with Crippen molar-refractivity contribution in [3.63, 3.8) is 0 Å². The van der Waals surface area contributed by atoms with Crippen molar-refractivity contribution in [2.45, 2.75) is 19.4 Å². The molecule has 0 radical (unpaired) electrons. The second kappa shape index (κ2) is 3.81. The van der Waals surface area contributed by atoms with Gasteiger partial charge in [0.1, 0.15) is 11.8 Å². The highest BCUT2D eigenvalue weighted by atomic mass is 16.5. The molecule has 0 atom stereocenters. The zero-order chi connectivity index (χ0) is 10.6. The standard InChI is InChI=1S/C11H10N2O/c1-4-11(2,3)14-10-7-5-6-9(8-12)13-10/h1,5-7H,2-3H3. The normalized spacial score (nSPS) is 10.0. The van der Waals surface area contributed by atoms with Gasteiger partial charge in [0.2, 0.25) is 5.88 Å². The van der Waals surface area contributed by atoms with Crippen LogP contribution in [0.25, 0.3) is 0 Å². The van der Waals surface area contributed by atoms with Crippen molar-refractivity contribution in [3.05, 3.63) is 23.9 Å². The average molecular weight is 186 g/mol. The summed E-state index contributed by atoms with van der Waals surface area (Å²) < 4.78 is 5.40. The number of hydrogen-bond acceptors (Lipinski definition) is 3. The molecular formula is C11H10N2O. The topological polar surface area (TPSA) is 45.9 Å². The number of terminal acetylenes is 1. The van der Waals surface area contributed by atoms with Gasteiger partial charge >= 0.3 is 0 Å². The van der Waals surface area contributed by atoms with E-state index in [-0.39, 0.29) is 0 Å². The first-order valence-electron chi connectivity index (χ1n) is 4.11. The highest BCUT2D eigenvalue weighted by Crippen LogP contribution is 2.14. The summed E-state index contributed by atoms with van der Waals surface area (Å²) >= 11 is 0. The van der Waals surface area contributed by atoms with E-state index in [9.17, 15) is 0 Å². The fraction of sp³-hybridized carbons (Fsp3) is 0.273. The SMILES string of the molecule is C#CC(C)(C)Oc1cccc(C#N)n1. The van der Waals surface area contributed by atoms with E-state index < -0.39 is 5.60 Å². The molecule has 0 saturated carbocycles. The predicted molar refractivity (Wildman–Crippen MR) is 52.5 cm³/mol. The molecule has 0 unspecified atom stereocenters. The number of nitrogens with zero attached hydrogens (tertiary/aromatic N) is 2. The fourth-order valence-corrected chi connectivity index (χ4v) is 0.825. The Bertz CT molecular complexity index is 410. The average Bonchev–Trinajstić information content (AvgIpc) is 2.17. The van der Waals surface area contributed by atoms with Gasteiger partial charge in [-0.3, -0.25) is 0 Å². The quantitative estimate of drug-likeness (QED) is 0.661. The fourth-order valence-electron chi connectivity index (χ4n) is 0.825. The summed E-state index contributed by atoms with van der Waals surface area (Å²) in [6, 6.07) is 6.90. The van der Waals surface area contributed by atoms with Crippen LogP contribution in [-0.4, -0.2) is 10.6 Å². The Morgan fingerprint density at radius 2 is 2.21 bits per heavy atom. The van der Waals surface area contributed by atoms with E-state index in [1.165, 1.54) is 0 Å². The summed E-state index contributed by atoms with van der Waals surface area (Å²) in [6.45, 7) is 3.52. The van der Waals surface area contributed by atoms with Crippen LogP contribution >= 0.6 is 0 Å². The molecule has 1 rings (SSSR count). The molecule has 1 heterocycles. The van der Waals surface area contributed by atoms with Crippen LogP contribution in [0.3, 0.4) is 0 Å². The van der Waals surface area contributed by atoms with Crippen LogP contribution in [0, 0.1) is 23.7 Å². The minimum atomic E-state index is -0.707. The highest BCUT2D eigenvalue weighted by molar-refractivity contribution is 5.25. The first-order valence-corrected chi connectivity index (χ1v) is 4.11. The van der Waals surface area contributed by atoms with Crippen molar-refractivity contribution in [2.24, 2.45) is 0 Å². The van der Waals surface area contributed by atoms with Crippen LogP contribution in [0.2, 0.25) is 0 Å². The van der Waals surface area contributed by atoms with Gasteiger partial charge < -0.3 is 4.74 Å². The minimum Gasteiger partial charge on any atom is -0.458 e. The molecule has 0 N–H and O–H groups in total. The van der Waals surface area contributed by atoms with Crippen molar-refractivity contribution in [3.8, 4) is 24.3 Å². The summed E-state index contributed by atoms with van der Waals surface area (Å²) in [5.41, 5.74) is -0.392. The molecule has 3 nitrogen and oxygen atoms in total. The van der Waals surface area contributed by atoms with Crippen LogP contribution in [0.15, 0.2) is 18.2 Å². The number of ether oxygens (including phenoxy) is 1. The molecule has 3 heteroatoms. The lowest BCUT2D eigenvalue weighted by Crippen LogP contribution is -2.26. The summed E-state index contributed by atoms with van der Waals surface area (Å²) in [4.78, 5) is 3.95. The Morgan fingerprint density at radius 1 is 1.50 bits per heavy atom. The molecule has 0 amide bonds. The number of rotatable bonds is 2. The second-order valence-electron chi connectivity index (χ2n) is 3.23. The Balaban J connectivity index is 2.90.